The average molecular weight is 380 g/mol. The fourth-order valence-electron chi connectivity index (χ4n) is 3.27. The van der Waals surface area contributed by atoms with E-state index in [2.05, 4.69) is 0 Å². The van der Waals surface area contributed by atoms with Gasteiger partial charge in [-0.2, -0.15) is 0 Å². The lowest BCUT2D eigenvalue weighted by Crippen LogP contribution is -2.46. The predicted octanol–water partition coefficient (Wildman–Crippen LogP) is 3.37. The summed E-state index contributed by atoms with van der Waals surface area (Å²) < 4.78 is 5.48. The summed E-state index contributed by atoms with van der Waals surface area (Å²) in [5.74, 6) is -0.0236. The van der Waals surface area contributed by atoms with Crippen LogP contribution in [0, 0.1) is 6.92 Å². The van der Waals surface area contributed by atoms with Gasteiger partial charge in [-0.15, -0.1) is 0 Å². The summed E-state index contributed by atoms with van der Waals surface area (Å²) in [5.41, 5.74) is 2.81. The molecular weight excluding hydrogens is 356 g/mol. The quantitative estimate of drug-likeness (QED) is 0.721. The van der Waals surface area contributed by atoms with E-state index in [1.807, 2.05) is 38.1 Å². The molecule has 0 atom stereocenters. The van der Waals surface area contributed by atoms with E-state index in [0.29, 0.717) is 30.0 Å². The van der Waals surface area contributed by atoms with Gasteiger partial charge in [-0.25, -0.2) is 0 Å². The molecule has 1 aliphatic rings. The molecule has 0 fully saturated rings. The third-order valence-corrected chi connectivity index (χ3v) is 4.77. The highest BCUT2D eigenvalue weighted by atomic mass is 16.5. The Bertz CT molecular complexity index is 923. The van der Waals surface area contributed by atoms with Crippen molar-refractivity contribution < 1.29 is 19.1 Å². The van der Waals surface area contributed by atoms with Crippen molar-refractivity contribution in [3.8, 4) is 5.75 Å². The van der Waals surface area contributed by atoms with Gasteiger partial charge in [0.05, 0.1) is 5.69 Å². The number of ketones is 1. The summed E-state index contributed by atoms with van der Waals surface area (Å²) >= 11 is 0. The molecule has 0 N–H and O–H groups in total. The van der Waals surface area contributed by atoms with Crippen LogP contribution in [0.25, 0.3) is 0 Å². The number of aryl methyl sites for hydroxylation is 1. The number of carbonyl (C=O) groups is 3. The highest BCUT2D eigenvalue weighted by molar-refractivity contribution is 6.07. The third-order valence-electron chi connectivity index (χ3n) is 4.77. The second-order valence-electron chi connectivity index (χ2n) is 6.70. The van der Waals surface area contributed by atoms with E-state index in [9.17, 15) is 14.4 Å². The Morgan fingerprint density at radius 2 is 1.93 bits per heavy atom. The number of amides is 2. The maximum absolute atomic E-state index is 13.0. The monoisotopic (exact) mass is 380 g/mol. The van der Waals surface area contributed by atoms with Gasteiger partial charge in [0.1, 0.15) is 12.3 Å². The van der Waals surface area contributed by atoms with E-state index in [1.54, 1.807) is 30.0 Å². The summed E-state index contributed by atoms with van der Waals surface area (Å²) in [4.78, 5) is 40.6. The minimum atomic E-state index is -0.303. The normalized spacial score (nSPS) is 13.0. The molecule has 0 aliphatic carbocycles. The summed E-state index contributed by atoms with van der Waals surface area (Å²) in [6.07, 6.45) is 0.365. The number of rotatable bonds is 6. The summed E-state index contributed by atoms with van der Waals surface area (Å²) in [7, 11) is 0. The molecule has 0 saturated heterocycles. The predicted molar refractivity (Wildman–Crippen MR) is 108 cm³/mol. The van der Waals surface area contributed by atoms with E-state index in [1.165, 1.54) is 4.90 Å². The molecule has 1 heterocycles. The molecule has 0 saturated carbocycles. The van der Waals surface area contributed by atoms with Crippen LogP contribution in [0.5, 0.6) is 5.75 Å². The van der Waals surface area contributed by atoms with Gasteiger partial charge in [-0.1, -0.05) is 19.1 Å². The van der Waals surface area contributed by atoms with Crippen molar-refractivity contribution in [1.29, 1.82) is 0 Å². The van der Waals surface area contributed by atoms with Gasteiger partial charge in [-0.05, 0) is 49.7 Å². The average Bonchev–Trinajstić information content (AvgIpc) is 2.70. The Hall–Kier alpha value is -3.15. The molecule has 2 aromatic carbocycles. The lowest BCUT2D eigenvalue weighted by molar-refractivity contribution is -0.124. The number of Topliss-reactive ketones (excluding diaryl/α,β-unsaturated/α-hetero) is 1. The zero-order valence-corrected chi connectivity index (χ0v) is 16.4. The van der Waals surface area contributed by atoms with Crippen LogP contribution >= 0.6 is 0 Å². The van der Waals surface area contributed by atoms with Gasteiger partial charge in [0.25, 0.3) is 5.91 Å². The molecule has 0 spiro atoms. The van der Waals surface area contributed by atoms with Crippen molar-refractivity contribution in [2.45, 2.75) is 27.2 Å². The molecule has 0 bridgehead atoms. The van der Waals surface area contributed by atoms with Crippen LogP contribution in [0.15, 0.2) is 42.5 Å². The number of nitrogens with zero attached hydrogens (tertiary/aromatic N) is 2. The van der Waals surface area contributed by atoms with Crippen LogP contribution in [0.4, 0.5) is 11.4 Å². The topological polar surface area (TPSA) is 66.9 Å². The molecule has 2 amide bonds. The number of ether oxygens (including phenoxy) is 1. The lowest BCUT2D eigenvalue weighted by Gasteiger charge is -2.31. The Balaban J connectivity index is 1.90. The minimum Gasteiger partial charge on any atom is -0.482 e. The van der Waals surface area contributed by atoms with Crippen molar-refractivity contribution in [3.63, 3.8) is 0 Å². The van der Waals surface area contributed by atoms with Gasteiger partial charge in [-0.3, -0.25) is 19.3 Å². The van der Waals surface area contributed by atoms with E-state index >= 15 is 0 Å². The second-order valence-corrected chi connectivity index (χ2v) is 6.70. The van der Waals surface area contributed by atoms with Crippen LogP contribution in [0.2, 0.25) is 0 Å². The number of benzene rings is 2. The highest BCUT2D eigenvalue weighted by Crippen LogP contribution is 2.33. The zero-order chi connectivity index (χ0) is 20.3. The third kappa shape index (κ3) is 3.91. The molecule has 28 heavy (non-hydrogen) atoms. The van der Waals surface area contributed by atoms with E-state index in [0.717, 1.165) is 11.3 Å². The Kier molecular flexibility index (Phi) is 5.78. The molecule has 6 nitrogen and oxygen atoms in total. The van der Waals surface area contributed by atoms with Gasteiger partial charge >= 0.3 is 0 Å². The first-order valence-electron chi connectivity index (χ1n) is 9.42. The first kappa shape index (κ1) is 19.6. The maximum Gasteiger partial charge on any atom is 0.265 e. The van der Waals surface area contributed by atoms with E-state index in [-0.39, 0.29) is 30.7 Å². The number of likely N-dealkylation sites (N-methyl/N-ethyl adjacent to an activating group) is 1. The summed E-state index contributed by atoms with van der Waals surface area (Å²) in [5, 5.41) is 0. The molecule has 3 rings (SSSR count). The summed E-state index contributed by atoms with van der Waals surface area (Å²) in [6, 6.07) is 12.7. The van der Waals surface area contributed by atoms with E-state index < -0.39 is 0 Å². The number of fused-ring (bicyclic) bond motifs is 1. The molecular formula is C22H24N2O4. The Labute approximate surface area is 164 Å². The maximum atomic E-state index is 13.0. The molecule has 2 aromatic rings. The minimum absolute atomic E-state index is 0.0259. The second kappa shape index (κ2) is 8.25. The standard InChI is InChI=1S/C22H24N2O4/c1-4-19(25)16-9-10-20-18(12-16)24(22(27)14-28-20)13-21(26)23(5-2)17-8-6-7-15(3)11-17/h6-12H,4-5,13-14H2,1-3H3. The van der Waals surface area contributed by atoms with Crippen LogP contribution in [-0.2, 0) is 9.59 Å². The Morgan fingerprint density at radius 1 is 1.14 bits per heavy atom. The smallest absolute Gasteiger partial charge is 0.265 e. The Morgan fingerprint density at radius 3 is 2.61 bits per heavy atom. The van der Waals surface area contributed by atoms with Gasteiger partial charge in [0, 0.05) is 24.2 Å². The van der Waals surface area contributed by atoms with Gasteiger partial charge in [0.15, 0.2) is 12.4 Å². The van der Waals surface area contributed by atoms with Crippen LogP contribution in [-0.4, -0.2) is 37.3 Å². The van der Waals surface area contributed by atoms with Crippen molar-refractivity contribution in [1.82, 2.24) is 0 Å². The van der Waals surface area contributed by atoms with Gasteiger partial charge < -0.3 is 9.64 Å². The van der Waals surface area contributed by atoms with Gasteiger partial charge in [0.2, 0.25) is 5.91 Å². The van der Waals surface area contributed by atoms with Crippen molar-refractivity contribution in [2.24, 2.45) is 0 Å². The van der Waals surface area contributed by atoms with Crippen molar-refractivity contribution in [2.75, 3.05) is 29.5 Å². The first-order valence-corrected chi connectivity index (χ1v) is 9.42. The van der Waals surface area contributed by atoms with E-state index in [4.69, 9.17) is 4.74 Å². The van der Waals surface area contributed by atoms with Crippen molar-refractivity contribution >= 4 is 29.0 Å². The van der Waals surface area contributed by atoms with Crippen LogP contribution in [0.3, 0.4) is 0 Å². The number of hydrogen-bond donors (Lipinski definition) is 0. The molecule has 0 aromatic heterocycles. The number of anilines is 2. The van der Waals surface area contributed by atoms with Crippen LogP contribution in [0.1, 0.15) is 36.2 Å². The SMILES string of the molecule is CCC(=O)c1ccc2c(c1)N(CC(=O)N(CC)c1cccc(C)c1)C(=O)CO2. The van der Waals surface area contributed by atoms with Crippen molar-refractivity contribution in [3.05, 3.63) is 53.6 Å². The summed E-state index contributed by atoms with van der Waals surface area (Å²) in [6.45, 7) is 5.90. The number of carbonyl (C=O) groups excluding carboxylic acids is 3. The number of hydrogen-bond acceptors (Lipinski definition) is 4. The zero-order valence-electron chi connectivity index (χ0n) is 16.4. The van der Waals surface area contributed by atoms with Crippen LogP contribution < -0.4 is 14.5 Å². The molecule has 1 aliphatic heterocycles. The molecule has 0 unspecified atom stereocenters. The molecule has 6 heteroatoms. The first-order chi connectivity index (χ1) is 13.4. The highest BCUT2D eigenvalue weighted by Gasteiger charge is 2.29. The molecule has 0 radical (unpaired) electrons. The lowest BCUT2D eigenvalue weighted by atomic mass is 10.1. The largest absolute Gasteiger partial charge is 0.482 e. The fraction of sp³-hybridized carbons (Fsp3) is 0.318. The fourth-order valence-corrected chi connectivity index (χ4v) is 3.27. The molecule has 146 valence electrons.